The Morgan fingerprint density at radius 3 is 2.13 bits per heavy atom. The third kappa shape index (κ3) is 5.07. The highest BCUT2D eigenvalue weighted by atomic mass is 19.1. The van der Waals surface area contributed by atoms with Crippen molar-refractivity contribution in [1.29, 1.82) is 0 Å². The Kier molecular flexibility index (Phi) is 6.90. The Bertz CT molecular complexity index is 897. The molecule has 0 unspecified atom stereocenters. The van der Waals surface area contributed by atoms with E-state index < -0.39 is 0 Å². The molecule has 1 fully saturated rings. The van der Waals surface area contributed by atoms with Crippen molar-refractivity contribution in [3.63, 3.8) is 0 Å². The third-order valence-corrected chi connectivity index (χ3v) is 5.76. The van der Waals surface area contributed by atoms with E-state index in [1.54, 1.807) is 16.8 Å². The number of hydrogen-bond acceptors (Lipinski definition) is 3. The molecule has 0 radical (unpaired) electrons. The second-order valence-electron chi connectivity index (χ2n) is 8.41. The fourth-order valence-corrected chi connectivity index (χ4v) is 3.80. The average Bonchev–Trinajstić information content (AvgIpc) is 3.01. The molecule has 7 heteroatoms. The van der Waals surface area contributed by atoms with Gasteiger partial charge in [0, 0.05) is 43.9 Å². The normalized spacial score (nSPS) is 14.5. The zero-order chi connectivity index (χ0) is 21.8. The number of hydrogen-bond donors (Lipinski definition) is 0. The van der Waals surface area contributed by atoms with Crippen molar-refractivity contribution in [1.82, 2.24) is 19.6 Å². The molecule has 0 saturated carbocycles. The van der Waals surface area contributed by atoms with E-state index in [0.717, 1.165) is 29.1 Å². The summed E-state index contributed by atoms with van der Waals surface area (Å²) in [5.41, 5.74) is 3.35. The number of aromatic nitrogens is 2. The van der Waals surface area contributed by atoms with Crippen molar-refractivity contribution < 1.29 is 14.0 Å². The molecular weight excluding hydrogens is 383 g/mol. The summed E-state index contributed by atoms with van der Waals surface area (Å²) in [5.74, 6) is 0.453. The molecule has 162 valence electrons. The van der Waals surface area contributed by atoms with Crippen LogP contribution in [0.1, 0.15) is 43.6 Å². The Hall–Kier alpha value is -2.70. The summed E-state index contributed by atoms with van der Waals surface area (Å²) >= 11 is 0. The maximum atomic E-state index is 13.2. The fourth-order valence-electron chi connectivity index (χ4n) is 3.80. The number of rotatable bonds is 6. The molecule has 0 atom stereocenters. The molecule has 1 saturated heterocycles. The second-order valence-corrected chi connectivity index (χ2v) is 8.41. The van der Waals surface area contributed by atoms with E-state index in [1.807, 2.05) is 23.6 Å². The van der Waals surface area contributed by atoms with E-state index >= 15 is 0 Å². The lowest BCUT2D eigenvalue weighted by Crippen LogP contribution is -2.51. The van der Waals surface area contributed by atoms with Gasteiger partial charge in [-0.1, -0.05) is 13.8 Å². The molecule has 0 spiro atoms. The molecule has 0 N–H and O–H groups in total. The SMILES string of the molecule is Cc1nn(-c2ccc(F)cc2)c(C)c1CC(=O)N1CCN(C(=O)CCC(C)C)CC1. The first-order chi connectivity index (χ1) is 14.3. The number of carbonyl (C=O) groups is 2. The molecule has 0 bridgehead atoms. The Labute approximate surface area is 177 Å². The van der Waals surface area contributed by atoms with Crippen LogP contribution in [0.4, 0.5) is 4.39 Å². The van der Waals surface area contributed by atoms with Crippen LogP contribution in [-0.4, -0.2) is 57.6 Å². The molecule has 3 rings (SSSR count). The molecule has 0 aliphatic carbocycles. The summed E-state index contributed by atoms with van der Waals surface area (Å²) < 4.78 is 15.0. The number of aryl methyl sites for hydroxylation is 1. The van der Waals surface area contributed by atoms with Crippen LogP contribution < -0.4 is 0 Å². The minimum absolute atomic E-state index is 0.0501. The smallest absolute Gasteiger partial charge is 0.227 e. The van der Waals surface area contributed by atoms with E-state index in [1.165, 1.54) is 12.1 Å². The van der Waals surface area contributed by atoms with Crippen molar-refractivity contribution in [2.45, 2.75) is 47.0 Å². The lowest BCUT2D eigenvalue weighted by atomic mass is 10.1. The quantitative estimate of drug-likeness (QED) is 0.729. The first-order valence-electron chi connectivity index (χ1n) is 10.6. The maximum Gasteiger partial charge on any atom is 0.227 e. The van der Waals surface area contributed by atoms with Gasteiger partial charge in [-0.05, 0) is 50.5 Å². The largest absolute Gasteiger partial charge is 0.339 e. The van der Waals surface area contributed by atoms with Crippen LogP contribution >= 0.6 is 0 Å². The van der Waals surface area contributed by atoms with Crippen LogP contribution in [0.25, 0.3) is 5.69 Å². The maximum absolute atomic E-state index is 13.2. The zero-order valence-electron chi connectivity index (χ0n) is 18.3. The molecule has 2 heterocycles. The Morgan fingerprint density at radius 2 is 1.57 bits per heavy atom. The average molecular weight is 415 g/mol. The summed E-state index contributed by atoms with van der Waals surface area (Å²) in [4.78, 5) is 28.9. The topological polar surface area (TPSA) is 58.4 Å². The monoisotopic (exact) mass is 414 g/mol. The van der Waals surface area contributed by atoms with Crippen LogP contribution in [0, 0.1) is 25.6 Å². The minimum atomic E-state index is -0.294. The van der Waals surface area contributed by atoms with Crippen molar-refractivity contribution in [3.8, 4) is 5.69 Å². The Morgan fingerprint density at radius 1 is 1.00 bits per heavy atom. The number of carbonyl (C=O) groups excluding carboxylic acids is 2. The van der Waals surface area contributed by atoms with Gasteiger partial charge in [-0.2, -0.15) is 5.10 Å². The first kappa shape index (κ1) is 22.0. The van der Waals surface area contributed by atoms with Crippen LogP contribution in [0.5, 0.6) is 0 Å². The van der Waals surface area contributed by atoms with Gasteiger partial charge >= 0.3 is 0 Å². The molecular formula is C23H31FN4O2. The first-order valence-corrected chi connectivity index (χ1v) is 10.6. The second kappa shape index (κ2) is 9.41. The lowest BCUT2D eigenvalue weighted by Gasteiger charge is -2.35. The fraction of sp³-hybridized carbons (Fsp3) is 0.522. The van der Waals surface area contributed by atoms with Crippen LogP contribution in [0.15, 0.2) is 24.3 Å². The number of benzene rings is 1. The molecule has 1 aromatic carbocycles. The van der Waals surface area contributed by atoms with Gasteiger partial charge in [0.2, 0.25) is 11.8 Å². The highest BCUT2D eigenvalue weighted by Crippen LogP contribution is 2.20. The molecule has 1 aliphatic rings. The van der Waals surface area contributed by atoms with Crippen molar-refractivity contribution in [2.24, 2.45) is 5.92 Å². The predicted molar refractivity (Wildman–Crippen MR) is 114 cm³/mol. The lowest BCUT2D eigenvalue weighted by molar-refractivity contribution is -0.139. The molecule has 1 aromatic heterocycles. The summed E-state index contributed by atoms with van der Waals surface area (Å²) in [6.45, 7) is 10.4. The third-order valence-electron chi connectivity index (χ3n) is 5.76. The number of halogens is 1. The summed E-state index contributed by atoms with van der Waals surface area (Å²) in [5, 5.41) is 4.55. The van der Waals surface area contributed by atoms with Gasteiger partial charge in [-0.3, -0.25) is 9.59 Å². The van der Waals surface area contributed by atoms with E-state index in [4.69, 9.17) is 0 Å². The molecule has 2 amide bonds. The van der Waals surface area contributed by atoms with E-state index in [9.17, 15) is 14.0 Å². The summed E-state index contributed by atoms with van der Waals surface area (Å²) in [6, 6.07) is 6.16. The van der Waals surface area contributed by atoms with Gasteiger partial charge in [0.05, 0.1) is 17.8 Å². The molecule has 1 aliphatic heterocycles. The van der Waals surface area contributed by atoms with Crippen molar-refractivity contribution >= 4 is 11.8 Å². The number of amides is 2. The van der Waals surface area contributed by atoms with Gasteiger partial charge in [0.25, 0.3) is 0 Å². The number of nitrogens with zero attached hydrogens (tertiary/aromatic N) is 4. The van der Waals surface area contributed by atoms with E-state index in [0.29, 0.717) is 38.5 Å². The predicted octanol–water partition coefficient (Wildman–Crippen LogP) is 3.28. The summed E-state index contributed by atoms with van der Waals surface area (Å²) in [7, 11) is 0. The molecule has 30 heavy (non-hydrogen) atoms. The van der Waals surface area contributed by atoms with Gasteiger partial charge < -0.3 is 9.80 Å². The molecule has 6 nitrogen and oxygen atoms in total. The summed E-state index contributed by atoms with van der Waals surface area (Å²) in [6.07, 6.45) is 1.75. The van der Waals surface area contributed by atoms with E-state index in [-0.39, 0.29) is 24.1 Å². The molecule has 2 aromatic rings. The van der Waals surface area contributed by atoms with Crippen LogP contribution in [0.2, 0.25) is 0 Å². The van der Waals surface area contributed by atoms with Gasteiger partial charge in [0.15, 0.2) is 0 Å². The van der Waals surface area contributed by atoms with Gasteiger partial charge in [-0.25, -0.2) is 9.07 Å². The van der Waals surface area contributed by atoms with Crippen LogP contribution in [-0.2, 0) is 16.0 Å². The highest BCUT2D eigenvalue weighted by Gasteiger charge is 2.25. The van der Waals surface area contributed by atoms with E-state index in [2.05, 4.69) is 18.9 Å². The minimum Gasteiger partial charge on any atom is -0.339 e. The van der Waals surface area contributed by atoms with Crippen LogP contribution in [0.3, 0.4) is 0 Å². The van der Waals surface area contributed by atoms with Crippen molar-refractivity contribution in [2.75, 3.05) is 26.2 Å². The zero-order valence-corrected chi connectivity index (χ0v) is 18.3. The van der Waals surface area contributed by atoms with Gasteiger partial charge in [-0.15, -0.1) is 0 Å². The van der Waals surface area contributed by atoms with Crippen molar-refractivity contribution in [3.05, 3.63) is 47.0 Å². The van der Waals surface area contributed by atoms with Gasteiger partial charge in [0.1, 0.15) is 5.82 Å². The standard InChI is InChI=1S/C23H31FN4O2/c1-16(2)5-10-22(29)26-11-13-27(14-12-26)23(30)15-21-17(3)25-28(18(21)4)20-8-6-19(24)7-9-20/h6-9,16H,5,10-15H2,1-4H3. The highest BCUT2D eigenvalue weighted by molar-refractivity contribution is 5.80. The number of piperazine rings is 1. The Balaban J connectivity index is 1.61.